The molecule has 0 N–H and O–H groups in total. The molecule has 0 spiro atoms. The van der Waals surface area contributed by atoms with Gasteiger partial charge in [0.1, 0.15) is 7.11 Å². The number of allylic oxidation sites excluding steroid dienone is 1. The van der Waals surface area contributed by atoms with Crippen molar-refractivity contribution in [2.45, 2.75) is 0 Å². The molecule has 0 fully saturated rings. The first kappa shape index (κ1) is 7.53. The number of methoxy groups -OCH3 is 1. The monoisotopic (exact) mass is 119 g/mol. The van der Waals surface area contributed by atoms with Crippen LogP contribution < -0.4 is 0 Å². The van der Waals surface area contributed by atoms with Gasteiger partial charge in [-0.05, 0) is 13.0 Å². The van der Waals surface area contributed by atoms with E-state index in [1.54, 1.807) is 0 Å². The largest absolute Gasteiger partial charge is 0.401 e. The quantitative estimate of drug-likeness (QED) is 0.369. The van der Waals surface area contributed by atoms with Crippen LogP contribution in [0.2, 0.25) is 0 Å². The Bertz CT molecular complexity index is 175. The second kappa shape index (κ2) is 4.68. The molecule has 0 amide bonds. The molecule has 0 radical (unpaired) electrons. The fourth-order valence-corrected chi connectivity index (χ4v) is 0.252. The lowest BCUT2D eigenvalue weighted by molar-refractivity contribution is 0.372. The molecule has 0 aromatic heterocycles. The van der Waals surface area contributed by atoms with Gasteiger partial charge in [0.25, 0.3) is 0 Å². The Morgan fingerprint density at radius 3 is 2.78 bits per heavy atom. The van der Waals surface area contributed by atoms with Crippen LogP contribution in [-0.2, 0) is 4.74 Å². The molecule has 9 heavy (non-hydrogen) atoms. The summed E-state index contributed by atoms with van der Waals surface area (Å²) in [5, 5.41) is 0. The topological polar surface area (TPSA) is 9.23 Å². The highest BCUT2D eigenvalue weighted by Gasteiger charge is 1.97. The fourth-order valence-electron chi connectivity index (χ4n) is 0.252. The second-order valence-corrected chi connectivity index (χ2v) is 1.19. The number of terminal acetylenes is 1. The maximum absolute atomic E-state index is 5.01. The molecule has 0 saturated carbocycles. The van der Waals surface area contributed by atoms with Crippen molar-refractivity contribution in [1.82, 2.24) is 0 Å². The summed E-state index contributed by atoms with van der Waals surface area (Å²) in [5.41, 5.74) is 0. The SMILES string of the molecule is C#C[C+](C#COC)C=C. The van der Waals surface area contributed by atoms with Crippen LogP contribution in [-0.4, -0.2) is 7.11 Å². The smallest absolute Gasteiger partial charge is 0.237 e. The third-order valence-electron chi connectivity index (χ3n) is 0.647. The number of ether oxygens (including phenoxy) is 1. The van der Waals surface area contributed by atoms with E-state index < -0.39 is 0 Å². The van der Waals surface area contributed by atoms with Gasteiger partial charge < -0.3 is 4.74 Å². The zero-order valence-corrected chi connectivity index (χ0v) is 5.27. The normalized spacial score (nSPS) is 5.78. The van der Waals surface area contributed by atoms with Crippen molar-refractivity contribution in [3.63, 3.8) is 0 Å². The number of hydrogen-bond donors (Lipinski definition) is 0. The maximum Gasteiger partial charge on any atom is 0.237 e. The van der Waals surface area contributed by atoms with E-state index >= 15 is 0 Å². The zero-order valence-electron chi connectivity index (χ0n) is 5.27. The van der Waals surface area contributed by atoms with Crippen molar-refractivity contribution in [2.24, 2.45) is 0 Å². The predicted molar refractivity (Wildman–Crippen MR) is 37.1 cm³/mol. The van der Waals surface area contributed by atoms with Crippen molar-refractivity contribution < 1.29 is 4.74 Å². The molecule has 0 aliphatic heterocycles. The van der Waals surface area contributed by atoms with E-state index in [4.69, 9.17) is 6.42 Å². The van der Waals surface area contributed by atoms with Crippen molar-refractivity contribution in [2.75, 3.05) is 7.11 Å². The Morgan fingerprint density at radius 2 is 2.44 bits per heavy atom. The molecule has 0 bridgehead atoms. The van der Waals surface area contributed by atoms with Crippen LogP contribution in [0.4, 0.5) is 0 Å². The molecule has 0 aromatic carbocycles. The third kappa shape index (κ3) is 3.14. The van der Waals surface area contributed by atoms with Crippen LogP contribution >= 0.6 is 0 Å². The molecule has 0 heterocycles. The number of hydrogen-bond acceptors (Lipinski definition) is 1. The second-order valence-electron chi connectivity index (χ2n) is 1.19. The Labute approximate surface area is 55.7 Å². The summed E-state index contributed by atoms with van der Waals surface area (Å²) in [4.78, 5) is 0. The minimum Gasteiger partial charge on any atom is -0.401 e. The summed E-state index contributed by atoms with van der Waals surface area (Å²) >= 11 is 0. The van der Waals surface area contributed by atoms with E-state index in [9.17, 15) is 0 Å². The van der Waals surface area contributed by atoms with Crippen LogP contribution in [0.3, 0.4) is 0 Å². The lowest BCUT2D eigenvalue weighted by Crippen LogP contribution is -1.81. The van der Waals surface area contributed by atoms with Crippen molar-refractivity contribution >= 4 is 0 Å². The van der Waals surface area contributed by atoms with Gasteiger partial charge in [0.15, 0.2) is 5.92 Å². The first-order valence-corrected chi connectivity index (χ1v) is 2.35. The first-order chi connectivity index (χ1) is 4.35. The summed E-state index contributed by atoms with van der Waals surface area (Å²) in [6.07, 6.45) is 8.86. The van der Waals surface area contributed by atoms with E-state index in [-0.39, 0.29) is 0 Å². The lowest BCUT2D eigenvalue weighted by Gasteiger charge is -1.77. The molecule has 0 rings (SSSR count). The van der Waals surface area contributed by atoms with Crippen LogP contribution in [0, 0.1) is 30.3 Å². The van der Waals surface area contributed by atoms with Crippen LogP contribution in [0.25, 0.3) is 0 Å². The molecule has 1 heteroatoms. The zero-order chi connectivity index (χ0) is 7.11. The Morgan fingerprint density at radius 1 is 1.78 bits per heavy atom. The van der Waals surface area contributed by atoms with Crippen LogP contribution in [0.5, 0.6) is 0 Å². The van der Waals surface area contributed by atoms with Gasteiger partial charge >= 0.3 is 0 Å². The highest BCUT2D eigenvalue weighted by Crippen LogP contribution is 1.93. The van der Waals surface area contributed by atoms with Crippen LogP contribution in [0.15, 0.2) is 12.7 Å². The molecule has 0 aliphatic rings. The van der Waals surface area contributed by atoms with E-state index in [0.29, 0.717) is 5.92 Å². The van der Waals surface area contributed by atoms with Crippen LogP contribution in [0.1, 0.15) is 0 Å². The average molecular weight is 119 g/mol. The molecular formula is C8H7O+. The highest BCUT2D eigenvalue weighted by molar-refractivity contribution is 5.42. The van der Waals surface area contributed by atoms with Crippen molar-refractivity contribution in [3.05, 3.63) is 18.6 Å². The lowest BCUT2D eigenvalue weighted by atomic mass is 10.2. The third-order valence-corrected chi connectivity index (χ3v) is 0.647. The maximum atomic E-state index is 5.01. The van der Waals surface area contributed by atoms with E-state index in [0.717, 1.165) is 0 Å². The van der Waals surface area contributed by atoms with E-state index in [1.165, 1.54) is 13.2 Å². The predicted octanol–water partition coefficient (Wildman–Crippen LogP) is 0.987. The molecule has 0 unspecified atom stereocenters. The van der Waals surface area contributed by atoms with Gasteiger partial charge in [-0.1, -0.05) is 0 Å². The Balaban J connectivity index is 3.86. The molecule has 0 aromatic rings. The van der Waals surface area contributed by atoms with Gasteiger partial charge in [-0.3, -0.25) is 0 Å². The molecule has 44 valence electrons. The molecular weight excluding hydrogens is 112 g/mol. The van der Waals surface area contributed by atoms with Gasteiger partial charge in [0, 0.05) is 6.08 Å². The molecule has 0 atom stereocenters. The minimum absolute atomic E-state index is 0.539. The van der Waals surface area contributed by atoms with Gasteiger partial charge in [-0.25, -0.2) is 0 Å². The Hall–Kier alpha value is -1.47. The summed E-state index contributed by atoms with van der Waals surface area (Å²) in [6, 6.07) is 0. The summed E-state index contributed by atoms with van der Waals surface area (Å²) in [6.45, 7) is 3.45. The molecule has 0 aliphatic carbocycles. The first-order valence-electron chi connectivity index (χ1n) is 2.35. The van der Waals surface area contributed by atoms with E-state index in [2.05, 4.69) is 29.3 Å². The molecule has 0 saturated heterocycles. The summed E-state index contributed by atoms with van der Waals surface area (Å²) < 4.78 is 4.45. The summed E-state index contributed by atoms with van der Waals surface area (Å²) in [5.74, 6) is 5.43. The Kier molecular flexibility index (Phi) is 3.92. The van der Waals surface area contributed by atoms with Crippen molar-refractivity contribution in [3.8, 4) is 24.4 Å². The molecule has 1 nitrogen and oxygen atoms in total. The van der Waals surface area contributed by atoms with Gasteiger partial charge in [0.05, 0.1) is 11.8 Å². The standard InChI is InChI=1S/C8H7O/c1-4-8(5-2)6-7-9-3/h1,5H,2H2,3H3/q+1. The highest BCUT2D eigenvalue weighted by atomic mass is 16.5. The van der Waals surface area contributed by atoms with Gasteiger partial charge in [-0.15, -0.1) is 0 Å². The average Bonchev–Trinajstić information content (AvgIpc) is 1.91. The summed E-state index contributed by atoms with van der Waals surface area (Å²) in [7, 11) is 1.48. The van der Waals surface area contributed by atoms with Gasteiger partial charge in [-0.2, -0.15) is 0 Å². The minimum atomic E-state index is 0.539. The van der Waals surface area contributed by atoms with Gasteiger partial charge in [0.2, 0.25) is 6.11 Å². The van der Waals surface area contributed by atoms with E-state index in [1.807, 2.05) is 0 Å². The van der Waals surface area contributed by atoms with Crippen molar-refractivity contribution in [1.29, 1.82) is 0 Å². The number of rotatable bonds is 1. The fraction of sp³-hybridized carbons (Fsp3) is 0.125.